The molecule has 2 fully saturated rings. The highest BCUT2D eigenvalue weighted by molar-refractivity contribution is 5.15. The highest BCUT2D eigenvalue weighted by Crippen LogP contribution is 2.49. The summed E-state index contributed by atoms with van der Waals surface area (Å²) in [5, 5.41) is 20.4. The van der Waals surface area contributed by atoms with Gasteiger partial charge in [0.1, 0.15) is 5.60 Å². The lowest BCUT2D eigenvalue weighted by atomic mass is 9.65. The molecule has 0 aromatic heterocycles. The van der Waals surface area contributed by atoms with Crippen molar-refractivity contribution in [2.24, 2.45) is 5.41 Å². The summed E-state index contributed by atoms with van der Waals surface area (Å²) in [7, 11) is 0. The minimum atomic E-state index is -0.925. The van der Waals surface area contributed by atoms with Crippen molar-refractivity contribution >= 4 is 0 Å². The van der Waals surface area contributed by atoms with Crippen LogP contribution >= 0.6 is 0 Å². The van der Waals surface area contributed by atoms with Gasteiger partial charge >= 0.3 is 0 Å². The fourth-order valence-electron chi connectivity index (χ4n) is 3.33. The third kappa shape index (κ3) is 1.65. The van der Waals surface area contributed by atoms with Crippen molar-refractivity contribution in [1.82, 2.24) is 0 Å². The summed E-state index contributed by atoms with van der Waals surface area (Å²) in [5.41, 5.74) is -1.49. The van der Waals surface area contributed by atoms with Crippen molar-refractivity contribution in [3.8, 4) is 6.07 Å². The summed E-state index contributed by atoms with van der Waals surface area (Å²) in [5.74, 6) is 0. The monoisotopic (exact) mass is 223 g/mol. The van der Waals surface area contributed by atoms with Crippen LogP contribution in [0.25, 0.3) is 0 Å². The maximum absolute atomic E-state index is 10.8. The molecule has 0 bridgehead atoms. The fourth-order valence-corrected chi connectivity index (χ4v) is 3.33. The van der Waals surface area contributed by atoms with Gasteiger partial charge in [-0.3, -0.25) is 0 Å². The molecule has 2 atom stereocenters. The second kappa shape index (κ2) is 4.35. The van der Waals surface area contributed by atoms with Gasteiger partial charge in [0.05, 0.1) is 17.6 Å². The van der Waals surface area contributed by atoms with Crippen LogP contribution in [-0.2, 0) is 4.74 Å². The third-order valence-corrected chi connectivity index (χ3v) is 4.52. The fraction of sp³-hybridized carbons (Fsp3) is 0.923. The summed E-state index contributed by atoms with van der Waals surface area (Å²) >= 11 is 0. The SMILES string of the molecule is CC1OCCC1(O)C1(C#N)CCCCCC1. The van der Waals surface area contributed by atoms with Crippen LogP contribution in [0.4, 0.5) is 0 Å². The predicted octanol–water partition coefficient (Wildman–Crippen LogP) is 2.39. The Bertz CT molecular complexity index is 289. The van der Waals surface area contributed by atoms with Crippen LogP contribution in [0.2, 0.25) is 0 Å². The van der Waals surface area contributed by atoms with Gasteiger partial charge in [-0.25, -0.2) is 0 Å². The molecule has 3 heteroatoms. The number of hydrogen-bond donors (Lipinski definition) is 1. The van der Waals surface area contributed by atoms with Crippen molar-refractivity contribution in [3.63, 3.8) is 0 Å². The van der Waals surface area contributed by atoms with Crippen LogP contribution in [0.1, 0.15) is 51.9 Å². The molecule has 2 rings (SSSR count). The van der Waals surface area contributed by atoms with E-state index in [2.05, 4.69) is 6.07 Å². The summed E-state index contributed by atoms with van der Waals surface area (Å²) in [6.45, 7) is 2.48. The molecule has 2 aliphatic rings. The van der Waals surface area contributed by atoms with Crippen LogP contribution in [0.3, 0.4) is 0 Å². The highest BCUT2D eigenvalue weighted by atomic mass is 16.5. The van der Waals surface area contributed by atoms with Gasteiger partial charge in [0, 0.05) is 13.0 Å². The third-order valence-electron chi connectivity index (χ3n) is 4.52. The summed E-state index contributed by atoms with van der Waals surface area (Å²) < 4.78 is 5.49. The first kappa shape index (κ1) is 11.9. The van der Waals surface area contributed by atoms with Gasteiger partial charge in [-0.2, -0.15) is 5.26 Å². The zero-order chi connectivity index (χ0) is 11.6. The first-order valence-electron chi connectivity index (χ1n) is 6.40. The summed E-state index contributed by atoms with van der Waals surface area (Å²) in [4.78, 5) is 0. The largest absolute Gasteiger partial charge is 0.385 e. The average Bonchev–Trinajstić information content (AvgIpc) is 2.55. The van der Waals surface area contributed by atoms with E-state index < -0.39 is 11.0 Å². The second-order valence-corrected chi connectivity index (χ2v) is 5.30. The zero-order valence-corrected chi connectivity index (χ0v) is 10.0. The predicted molar refractivity (Wildman–Crippen MR) is 60.7 cm³/mol. The lowest BCUT2D eigenvalue weighted by molar-refractivity contribution is -0.103. The van der Waals surface area contributed by atoms with E-state index in [9.17, 15) is 10.4 Å². The molecule has 0 radical (unpaired) electrons. The molecular formula is C13H21NO2. The van der Waals surface area contributed by atoms with Crippen LogP contribution in [0.5, 0.6) is 0 Å². The van der Waals surface area contributed by atoms with E-state index in [4.69, 9.17) is 4.74 Å². The van der Waals surface area contributed by atoms with Crippen LogP contribution in [0.15, 0.2) is 0 Å². The minimum absolute atomic E-state index is 0.203. The van der Waals surface area contributed by atoms with Gasteiger partial charge in [0.15, 0.2) is 0 Å². The highest BCUT2D eigenvalue weighted by Gasteiger charge is 2.56. The Hall–Kier alpha value is -0.590. The zero-order valence-electron chi connectivity index (χ0n) is 10.0. The molecular weight excluding hydrogens is 202 g/mol. The van der Waals surface area contributed by atoms with E-state index in [0.717, 1.165) is 25.7 Å². The maximum Gasteiger partial charge on any atom is 0.111 e. The van der Waals surface area contributed by atoms with Crippen molar-refractivity contribution in [2.75, 3.05) is 6.61 Å². The van der Waals surface area contributed by atoms with Crippen molar-refractivity contribution in [3.05, 3.63) is 0 Å². The second-order valence-electron chi connectivity index (χ2n) is 5.30. The van der Waals surface area contributed by atoms with Crippen LogP contribution in [0, 0.1) is 16.7 Å². The topological polar surface area (TPSA) is 53.2 Å². The lowest BCUT2D eigenvalue weighted by Crippen LogP contribution is -2.52. The molecule has 1 aliphatic carbocycles. The average molecular weight is 223 g/mol. The number of nitrogens with zero attached hydrogens (tertiary/aromatic N) is 1. The van der Waals surface area contributed by atoms with Crippen LogP contribution in [-0.4, -0.2) is 23.4 Å². The Labute approximate surface area is 97.4 Å². The van der Waals surface area contributed by atoms with E-state index >= 15 is 0 Å². The Morgan fingerprint density at radius 3 is 2.25 bits per heavy atom. The van der Waals surface area contributed by atoms with Crippen LogP contribution < -0.4 is 0 Å². The number of aliphatic hydroxyl groups is 1. The first-order chi connectivity index (χ1) is 7.65. The molecule has 3 nitrogen and oxygen atoms in total. The van der Waals surface area contributed by atoms with Gasteiger partial charge in [-0.1, -0.05) is 25.7 Å². The van der Waals surface area contributed by atoms with E-state index in [1.807, 2.05) is 6.92 Å². The number of nitriles is 1. The lowest BCUT2D eigenvalue weighted by Gasteiger charge is -2.41. The van der Waals surface area contributed by atoms with Crippen molar-refractivity contribution in [2.45, 2.75) is 63.6 Å². The molecule has 0 aromatic rings. The number of ether oxygens (including phenoxy) is 1. The van der Waals surface area contributed by atoms with Gasteiger partial charge < -0.3 is 9.84 Å². The number of hydrogen-bond acceptors (Lipinski definition) is 3. The molecule has 1 saturated carbocycles. The van der Waals surface area contributed by atoms with Gasteiger partial charge in [-0.05, 0) is 19.8 Å². The normalized spacial score (nSPS) is 38.9. The number of rotatable bonds is 1. The summed E-state index contributed by atoms with van der Waals surface area (Å²) in [6.07, 6.45) is 6.56. The quantitative estimate of drug-likeness (QED) is 0.694. The Kier molecular flexibility index (Phi) is 3.23. The van der Waals surface area contributed by atoms with Crippen molar-refractivity contribution in [1.29, 1.82) is 5.26 Å². The molecule has 1 saturated heterocycles. The Balaban J connectivity index is 2.29. The van der Waals surface area contributed by atoms with Crippen molar-refractivity contribution < 1.29 is 9.84 Å². The molecule has 90 valence electrons. The molecule has 16 heavy (non-hydrogen) atoms. The van der Waals surface area contributed by atoms with Gasteiger partial charge in [0.2, 0.25) is 0 Å². The van der Waals surface area contributed by atoms with E-state index in [1.54, 1.807) is 0 Å². The summed E-state index contributed by atoms with van der Waals surface area (Å²) in [6, 6.07) is 2.44. The molecule has 1 aliphatic heterocycles. The molecule has 1 N–H and O–H groups in total. The molecule has 0 spiro atoms. The molecule has 0 aromatic carbocycles. The van der Waals surface area contributed by atoms with E-state index in [1.165, 1.54) is 12.8 Å². The standard InChI is InChI=1S/C13H21NO2/c1-11-13(15,8-9-16-11)12(10-14)6-4-2-3-5-7-12/h11,15H,2-9H2,1H3. The minimum Gasteiger partial charge on any atom is -0.385 e. The smallest absolute Gasteiger partial charge is 0.111 e. The first-order valence-corrected chi connectivity index (χ1v) is 6.40. The molecule has 2 unspecified atom stereocenters. The molecule has 0 amide bonds. The van der Waals surface area contributed by atoms with Gasteiger partial charge in [-0.15, -0.1) is 0 Å². The Morgan fingerprint density at radius 2 is 1.81 bits per heavy atom. The Morgan fingerprint density at radius 1 is 1.19 bits per heavy atom. The molecule has 1 heterocycles. The van der Waals surface area contributed by atoms with Gasteiger partial charge in [0.25, 0.3) is 0 Å². The van der Waals surface area contributed by atoms with E-state index in [-0.39, 0.29) is 6.10 Å². The van der Waals surface area contributed by atoms with E-state index in [0.29, 0.717) is 13.0 Å². The maximum atomic E-state index is 10.8.